The highest BCUT2D eigenvalue weighted by atomic mass is 35.5. The van der Waals surface area contributed by atoms with E-state index in [0.29, 0.717) is 0 Å². The molecule has 0 unspecified atom stereocenters. The molecule has 0 spiro atoms. The predicted octanol–water partition coefficient (Wildman–Crippen LogP) is 7.52. The van der Waals surface area contributed by atoms with Crippen LogP contribution in [0.5, 0.6) is 0 Å². The molecular weight excluding hydrogens is 599 g/mol. The predicted molar refractivity (Wildman–Crippen MR) is 205 cm³/mol. The summed E-state index contributed by atoms with van der Waals surface area (Å²) in [5, 5.41) is 1.53. The Kier molecular flexibility index (Phi) is 7.35. The fourth-order valence-corrected chi connectivity index (χ4v) is 9.07. The number of benzene rings is 5. The summed E-state index contributed by atoms with van der Waals surface area (Å²) in [6.07, 6.45) is 0. The molecule has 230 valence electrons. The normalized spacial score (nSPS) is 13.2. The van der Waals surface area contributed by atoms with Gasteiger partial charge < -0.3 is 4.90 Å². The lowest BCUT2D eigenvalue weighted by Crippen LogP contribution is -2.66. The SMILES string of the molecule is Cc1cc2c3c(c1)B(c1c(C)c(C)c(C)c(C)c1C)c1cc(Cl)ccc1N3c1ccc(Cl)cc1B2c1c(C)c(C)c(C)c(C)c1C. The Morgan fingerprint density at radius 1 is 0.413 bits per heavy atom. The Labute approximate surface area is 286 Å². The second-order valence-electron chi connectivity index (χ2n) is 14.0. The minimum Gasteiger partial charge on any atom is -0.313 e. The second kappa shape index (κ2) is 10.8. The lowest BCUT2D eigenvalue weighted by atomic mass is 9.29. The summed E-state index contributed by atoms with van der Waals surface area (Å²) in [4.78, 5) is 2.51. The van der Waals surface area contributed by atoms with Crippen LogP contribution in [0.1, 0.15) is 61.2 Å². The number of hydrogen-bond donors (Lipinski definition) is 0. The summed E-state index contributed by atoms with van der Waals surface area (Å²) in [6, 6.07) is 17.8. The number of hydrogen-bond acceptors (Lipinski definition) is 1. The average molecular weight is 640 g/mol. The zero-order valence-corrected chi connectivity index (χ0v) is 30.5. The molecule has 0 aromatic heterocycles. The molecule has 5 aromatic rings. The Morgan fingerprint density at radius 2 is 0.739 bits per heavy atom. The molecule has 2 heterocycles. The van der Waals surface area contributed by atoms with E-state index in [9.17, 15) is 0 Å². The molecule has 0 bridgehead atoms. The van der Waals surface area contributed by atoms with Crippen molar-refractivity contribution in [2.45, 2.75) is 76.2 Å². The number of nitrogens with zero attached hydrogens (tertiary/aromatic N) is 1. The molecular formula is C41H41B2Cl2N. The Hall–Kier alpha value is -3.39. The fourth-order valence-electron chi connectivity index (χ4n) is 8.71. The summed E-state index contributed by atoms with van der Waals surface area (Å²) in [6.45, 7) is 25.3. The minimum absolute atomic E-state index is 0.0507. The van der Waals surface area contributed by atoms with Crippen molar-refractivity contribution in [1.82, 2.24) is 0 Å². The third-order valence-corrected chi connectivity index (χ3v) is 12.4. The van der Waals surface area contributed by atoms with Gasteiger partial charge in [-0.3, -0.25) is 0 Å². The van der Waals surface area contributed by atoms with E-state index in [1.54, 1.807) is 0 Å². The van der Waals surface area contributed by atoms with E-state index in [0.717, 1.165) is 10.0 Å². The summed E-state index contributed by atoms with van der Waals surface area (Å²) < 4.78 is 0. The first kappa shape index (κ1) is 31.2. The first-order valence-corrected chi connectivity index (χ1v) is 17.2. The van der Waals surface area contributed by atoms with Crippen LogP contribution in [0.4, 0.5) is 17.1 Å². The van der Waals surface area contributed by atoms with Crippen LogP contribution < -0.4 is 37.7 Å². The molecule has 7 rings (SSSR count). The van der Waals surface area contributed by atoms with Crippen LogP contribution in [0, 0.1) is 76.2 Å². The molecule has 0 aliphatic carbocycles. The van der Waals surface area contributed by atoms with Crippen LogP contribution in [-0.2, 0) is 0 Å². The van der Waals surface area contributed by atoms with Crippen molar-refractivity contribution in [3.63, 3.8) is 0 Å². The van der Waals surface area contributed by atoms with Gasteiger partial charge in [-0.2, -0.15) is 0 Å². The Balaban J connectivity index is 1.67. The summed E-state index contributed by atoms with van der Waals surface area (Å²) in [5.41, 5.74) is 26.7. The standard InChI is InChI=1S/C41H41B2Cl2N/c1-20-16-35-41-36(17-20)43(40-29(10)25(6)22(3)26(7)30(40)11)34-19-32(45)13-15-38(34)46(41)37-14-12-31(44)18-33(37)42(35)39-27(8)23(4)21(2)24(5)28(39)9/h12-19H,1-11H3. The van der Waals surface area contributed by atoms with Gasteiger partial charge in [0.15, 0.2) is 0 Å². The third kappa shape index (κ3) is 4.24. The van der Waals surface area contributed by atoms with Gasteiger partial charge in [0.25, 0.3) is 0 Å². The van der Waals surface area contributed by atoms with Crippen LogP contribution in [0.25, 0.3) is 0 Å². The zero-order chi connectivity index (χ0) is 33.1. The van der Waals surface area contributed by atoms with Crippen molar-refractivity contribution in [2.24, 2.45) is 0 Å². The monoisotopic (exact) mass is 639 g/mol. The van der Waals surface area contributed by atoms with Crippen molar-refractivity contribution in [2.75, 3.05) is 4.90 Å². The van der Waals surface area contributed by atoms with Gasteiger partial charge in [0.1, 0.15) is 0 Å². The zero-order valence-electron chi connectivity index (χ0n) is 29.0. The average Bonchev–Trinajstić information content (AvgIpc) is 3.02. The first-order valence-electron chi connectivity index (χ1n) is 16.4. The van der Waals surface area contributed by atoms with E-state index in [1.807, 2.05) is 12.1 Å². The van der Waals surface area contributed by atoms with E-state index in [2.05, 4.69) is 117 Å². The number of fused-ring (bicyclic) bond motifs is 4. The molecule has 2 aliphatic heterocycles. The molecule has 0 N–H and O–H groups in total. The Morgan fingerprint density at radius 3 is 1.09 bits per heavy atom. The molecule has 0 amide bonds. The quantitative estimate of drug-likeness (QED) is 0.177. The van der Waals surface area contributed by atoms with Gasteiger partial charge in [-0.05, 0) is 168 Å². The molecule has 0 saturated carbocycles. The largest absolute Gasteiger partial charge is 0.313 e. The molecule has 0 radical (unpaired) electrons. The third-order valence-electron chi connectivity index (χ3n) is 11.9. The number of rotatable bonds is 2. The highest BCUT2D eigenvalue weighted by Gasteiger charge is 2.45. The van der Waals surface area contributed by atoms with Gasteiger partial charge in [-0.1, -0.05) is 74.1 Å². The smallest absolute Gasteiger partial charge is 0.247 e. The van der Waals surface area contributed by atoms with Crippen molar-refractivity contribution >= 4 is 86.5 Å². The second-order valence-corrected chi connectivity index (χ2v) is 14.8. The van der Waals surface area contributed by atoms with E-state index in [4.69, 9.17) is 23.2 Å². The molecule has 46 heavy (non-hydrogen) atoms. The summed E-state index contributed by atoms with van der Waals surface area (Å²) >= 11 is 13.7. The van der Waals surface area contributed by atoms with Crippen LogP contribution in [0.2, 0.25) is 10.0 Å². The van der Waals surface area contributed by atoms with Gasteiger partial charge in [0.05, 0.1) is 0 Å². The van der Waals surface area contributed by atoms with Gasteiger partial charge in [0, 0.05) is 27.1 Å². The van der Waals surface area contributed by atoms with E-state index < -0.39 is 0 Å². The van der Waals surface area contributed by atoms with Crippen LogP contribution in [0.15, 0.2) is 48.5 Å². The highest BCUT2D eigenvalue weighted by Crippen LogP contribution is 2.39. The van der Waals surface area contributed by atoms with Gasteiger partial charge in [0.2, 0.25) is 13.4 Å². The molecule has 1 nitrogen and oxygen atoms in total. The first-order chi connectivity index (χ1) is 21.7. The fraction of sp³-hybridized carbons (Fsp3) is 0.268. The topological polar surface area (TPSA) is 3.24 Å². The van der Waals surface area contributed by atoms with E-state index in [1.165, 1.54) is 111 Å². The van der Waals surface area contributed by atoms with Crippen molar-refractivity contribution in [3.8, 4) is 0 Å². The van der Waals surface area contributed by atoms with Crippen LogP contribution in [-0.4, -0.2) is 13.4 Å². The minimum atomic E-state index is 0.0507. The maximum atomic E-state index is 6.86. The lowest BCUT2D eigenvalue weighted by Gasteiger charge is -2.45. The summed E-state index contributed by atoms with van der Waals surface area (Å²) in [5.74, 6) is 0. The number of aryl methyl sites for hydroxylation is 1. The molecule has 0 saturated heterocycles. The van der Waals surface area contributed by atoms with Gasteiger partial charge >= 0.3 is 0 Å². The lowest BCUT2D eigenvalue weighted by molar-refractivity contribution is 1.19. The maximum absolute atomic E-state index is 6.86. The number of anilines is 3. The molecule has 2 aliphatic rings. The molecule has 0 fully saturated rings. The van der Waals surface area contributed by atoms with Crippen LogP contribution >= 0.6 is 23.2 Å². The molecule has 0 atom stereocenters. The van der Waals surface area contributed by atoms with Crippen molar-refractivity contribution in [3.05, 3.63) is 120 Å². The molecule has 5 heteroatoms. The highest BCUT2D eigenvalue weighted by molar-refractivity contribution is 7.02. The van der Waals surface area contributed by atoms with E-state index in [-0.39, 0.29) is 13.4 Å². The Bertz CT molecular complexity index is 1960. The maximum Gasteiger partial charge on any atom is 0.247 e. The summed E-state index contributed by atoms with van der Waals surface area (Å²) in [7, 11) is 0. The van der Waals surface area contributed by atoms with Gasteiger partial charge in [-0.25, -0.2) is 0 Å². The van der Waals surface area contributed by atoms with Crippen LogP contribution in [0.3, 0.4) is 0 Å². The van der Waals surface area contributed by atoms with Crippen molar-refractivity contribution in [1.29, 1.82) is 0 Å². The van der Waals surface area contributed by atoms with Crippen molar-refractivity contribution < 1.29 is 0 Å². The number of halogens is 2. The molecule has 5 aromatic carbocycles. The van der Waals surface area contributed by atoms with E-state index >= 15 is 0 Å². The van der Waals surface area contributed by atoms with Gasteiger partial charge in [-0.15, -0.1) is 0 Å².